The van der Waals surface area contributed by atoms with Crippen molar-refractivity contribution in [2.24, 2.45) is 0 Å². The summed E-state index contributed by atoms with van der Waals surface area (Å²) in [5, 5.41) is 9.02. The average Bonchev–Trinajstić information content (AvgIpc) is 2.99. The number of carboxylic acids is 1. The number of hydrogen-bond acceptors (Lipinski definition) is 5. The topological polar surface area (TPSA) is 91.8 Å². The number of aliphatic carboxylic acids is 1. The Hall–Kier alpha value is -2.15. The van der Waals surface area contributed by atoms with Gasteiger partial charge in [-0.1, -0.05) is 23.9 Å². The van der Waals surface area contributed by atoms with E-state index in [2.05, 4.69) is 0 Å². The van der Waals surface area contributed by atoms with Gasteiger partial charge in [0.1, 0.15) is 0 Å². The molecule has 2 unspecified atom stereocenters. The Kier molecular flexibility index (Phi) is 4.21. The highest BCUT2D eigenvalue weighted by atomic mass is 32.2. The molecule has 6 nitrogen and oxygen atoms in total. The number of imide groups is 1. The molecule has 1 aliphatic carbocycles. The van der Waals surface area contributed by atoms with Gasteiger partial charge in [0.15, 0.2) is 5.12 Å². The number of carbonyl (C=O) groups excluding carboxylic acids is 3. The second kappa shape index (κ2) is 6.05. The molecule has 0 bridgehead atoms. The Balaban J connectivity index is 1.85. The van der Waals surface area contributed by atoms with Gasteiger partial charge in [-0.25, -0.2) is 0 Å². The minimum atomic E-state index is -0.980. The van der Waals surface area contributed by atoms with Crippen molar-refractivity contribution in [2.75, 3.05) is 0 Å². The molecule has 1 aliphatic heterocycles. The summed E-state index contributed by atoms with van der Waals surface area (Å²) in [6, 6.07) is 6.30. The molecule has 1 aromatic carbocycles. The summed E-state index contributed by atoms with van der Waals surface area (Å²) >= 11 is 1.02. The maximum Gasteiger partial charge on any atom is 0.304 e. The number of rotatable bonds is 4. The minimum absolute atomic E-state index is 0.153. The first kappa shape index (κ1) is 16.7. The van der Waals surface area contributed by atoms with Gasteiger partial charge < -0.3 is 5.11 Å². The highest BCUT2D eigenvalue weighted by Crippen LogP contribution is 2.47. The molecule has 7 heteroatoms. The number of fused-ring (bicyclic) bond motifs is 1. The maximum absolute atomic E-state index is 12.6. The number of benzene rings is 1. The van der Waals surface area contributed by atoms with Crippen molar-refractivity contribution in [1.82, 2.24) is 4.90 Å². The molecule has 0 saturated heterocycles. The molecule has 1 heterocycles. The third-order valence-corrected chi connectivity index (χ3v) is 5.80. The van der Waals surface area contributed by atoms with Crippen LogP contribution in [0.3, 0.4) is 0 Å². The van der Waals surface area contributed by atoms with Crippen LogP contribution in [-0.4, -0.2) is 43.7 Å². The third kappa shape index (κ3) is 2.84. The average molecular weight is 347 g/mol. The van der Waals surface area contributed by atoms with E-state index in [4.69, 9.17) is 0 Å². The molecule has 126 valence electrons. The fourth-order valence-corrected chi connectivity index (χ4v) is 4.99. The lowest BCUT2D eigenvalue weighted by Crippen LogP contribution is -2.40. The van der Waals surface area contributed by atoms with Crippen molar-refractivity contribution in [3.05, 3.63) is 35.4 Å². The SMILES string of the molecule is CC(=O)SC1(CC(=O)O)CCC(N2C(=O)c3ccccc3C2=O)C1. The monoisotopic (exact) mass is 347 g/mol. The van der Waals surface area contributed by atoms with Gasteiger partial charge in [-0.15, -0.1) is 0 Å². The lowest BCUT2D eigenvalue weighted by Gasteiger charge is -2.27. The van der Waals surface area contributed by atoms with E-state index in [0.717, 1.165) is 11.8 Å². The van der Waals surface area contributed by atoms with E-state index in [9.17, 15) is 24.3 Å². The van der Waals surface area contributed by atoms with Crippen LogP contribution < -0.4 is 0 Å². The van der Waals surface area contributed by atoms with E-state index in [-0.39, 0.29) is 29.4 Å². The number of carboxylic acid groups (broad SMARTS) is 1. The van der Waals surface area contributed by atoms with Crippen LogP contribution in [0, 0.1) is 0 Å². The van der Waals surface area contributed by atoms with Crippen LogP contribution in [0.4, 0.5) is 0 Å². The summed E-state index contributed by atoms with van der Waals surface area (Å²) in [7, 11) is 0. The van der Waals surface area contributed by atoms with Crippen LogP contribution in [0.25, 0.3) is 0 Å². The van der Waals surface area contributed by atoms with Crippen molar-refractivity contribution in [3.8, 4) is 0 Å². The van der Waals surface area contributed by atoms with E-state index in [1.165, 1.54) is 11.8 Å². The van der Waals surface area contributed by atoms with Crippen LogP contribution in [0.1, 0.15) is 53.3 Å². The first-order chi connectivity index (χ1) is 11.3. The van der Waals surface area contributed by atoms with Gasteiger partial charge in [-0.05, 0) is 31.4 Å². The summed E-state index contributed by atoms with van der Waals surface area (Å²) in [5.41, 5.74) is 0.773. The quantitative estimate of drug-likeness (QED) is 0.841. The molecule has 0 spiro atoms. The zero-order valence-electron chi connectivity index (χ0n) is 13.2. The van der Waals surface area contributed by atoms with Crippen molar-refractivity contribution in [1.29, 1.82) is 0 Å². The molecule has 1 fully saturated rings. The zero-order valence-corrected chi connectivity index (χ0v) is 14.0. The molecule has 2 atom stereocenters. The largest absolute Gasteiger partial charge is 0.481 e. The summed E-state index contributed by atoms with van der Waals surface area (Å²) in [4.78, 5) is 49.1. The summed E-state index contributed by atoms with van der Waals surface area (Å²) in [6.07, 6.45) is 1.17. The number of carbonyl (C=O) groups is 4. The third-order valence-electron chi connectivity index (χ3n) is 4.57. The molecular formula is C17H17NO5S. The Morgan fingerprint density at radius 3 is 2.33 bits per heavy atom. The number of amides is 2. The van der Waals surface area contributed by atoms with E-state index in [1.54, 1.807) is 24.3 Å². The fourth-order valence-electron chi connectivity index (χ4n) is 3.69. The Labute approximate surface area is 143 Å². The van der Waals surface area contributed by atoms with Crippen molar-refractivity contribution in [3.63, 3.8) is 0 Å². The predicted octanol–water partition coefficient (Wildman–Crippen LogP) is 2.33. The highest BCUT2D eigenvalue weighted by Gasteiger charge is 2.49. The van der Waals surface area contributed by atoms with Crippen LogP contribution in [0.15, 0.2) is 24.3 Å². The van der Waals surface area contributed by atoms with Crippen LogP contribution in [0.5, 0.6) is 0 Å². The van der Waals surface area contributed by atoms with Crippen LogP contribution in [-0.2, 0) is 9.59 Å². The smallest absolute Gasteiger partial charge is 0.304 e. The maximum atomic E-state index is 12.6. The molecule has 0 radical (unpaired) electrons. The molecule has 0 aromatic heterocycles. The fraction of sp³-hybridized carbons (Fsp3) is 0.412. The van der Waals surface area contributed by atoms with E-state index in [0.29, 0.717) is 30.4 Å². The van der Waals surface area contributed by atoms with Gasteiger partial charge >= 0.3 is 5.97 Å². The first-order valence-corrected chi connectivity index (χ1v) is 8.53. The van der Waals surface area contributed by atoms with Gasteiger partial charge in [-0.2, -0.15) is 0 Å². The van der Waals surface area contributed by atoms with Crippen molar-refractivity contribution in [2.45, 2.75) is 43.4 Å². The Bertz CT molecular complexity index is 693. The van der Waals surface area contributed by atoms with Crippen molar-refractivity contribution < 1.29 is 24.3 Å². The lowest BCUT2D eigenvalue weighted by atomic mass is 10.0. The molecule has 2 amide bonds. The second-order valence-electron chi connectivity index (χ2n) is 6.27. The number of thioether (sulfide) groups is 1. The standard InChI is InChI=1S/C17H17NO5S/c1-10(19)24-17(9-14(20)21)7-6-11(8-17)18-15(22)12-4-2-3-5-13(12)16(18)23/h2-5,11H,6-9H2,1H3,(H,20,21). The Morgan fingerprint density at radius 2 is 1.83 bits per heavy atom. The van der Waals surface area contributed by atoms with Gasteiger partial charge in [-0.3, -0.25) is 24.1 Å². The van der Waals surface area contributed by atoms with Gasteiger partial charge in [0.2, 0.25) is 0 Å². The van der Waals surface area contributed by atoms with E-state index < -0.39 is 10.7 Å². The van der Waals surface area contributed by atoms with Gasteiger partial charge in [0.05, 0.1) is 17.5 Å². The highest BCUT2D eigenvalue weighted by molar-refractivity contribution is 8.14. The summed E-state index contributed by atoms with van der Waals surface area (Å²) < 4.78 is -0.752. The zero-order chi connectivity index (χ0) is 17.5. The van der Waals surface area contributed by atoms with E-state index in [1.807, 2.05) is 0 Å². The summed E-state index contributed by atoms with van der Waals surface area (Å²) in [5.74, 6) is -1.65. The molecule has 3 rings (SSSR count). The number of nitrogens with zero attached hydrogens (tertiary/aromatic N) is 1. The molecule has 24 heavy (non-hydrogen) atoms. The van der Waals surface area contributed by atoms with Crippen molar-refractivity contribution >= 4 is 34.7 Å². The molecule has 1 N–H and O–H groups in total. The molecular weight excluding hydrogens is 330 g/mol. The molecule has 1 aromatic rings. The van der Waals surface area contributed by atoms with Gasteiger partial charge in [0.25, 0.3) is 11.8 Å². The molecule has 2 aliphatic rings. The normalized spacial score (nSPS) is 25.9. The minimum Gasteiger partial charge on any atom is -0.481 e. The van der Waals surface area contributed by atoms with E-state index >= 15 is 0 Å². The second-order valence-corrected chi connectivity index (χ2v) is 7.91. The lowest BCUT2D eigenvalue weighted by molar-refractivity contribution is -0.137. The van der Waals surface area contributed by atoms with Crippen LogP contribution in [0.2, 0.25) is 0 Å². The first-order valence-electron chi connectivity index (χ1n) is 7.71. The predicted molar refractivity (Wildman–Crippen MR) is 87.8 cm³/mol. The van der Waals surface area contributed by atoms with Crippen LogP contribution >= 0.6 is 11.8 Å². The number of hydrogen-bond donors (Lipinski definition) is 1. The van der Waals surface area contributed by atoms with Gasteiger partial charge in [0, 0.05) is 17.7 Å². The summed E-state index contributed by atoms with van der Waals surface area (Å²) in [6.45, 7) is 1.41. The molecule has 1 saturated carbocycles. The Morgan fingerprint density at radius 1 is 1.25 bits per heavy atom.